The number of carbonyl (C=O) groups excluding carboxylic acids is 1. The van der Waals surface area contributed by atoms with E-state index in [0.717, 1.165) is 30.1 Å². The van der Waals surface area contributed by atoms with Gasteiger partial charge in [0.1, 0.15) is 18.1 Å². The van der Waals surface area contributed by atoms with Crippen LogP contribution in [0.15, 0.2) is 59.4 Å². The van der Waals surface area contributed by atoms with Gasteiger partial charge in [0.25, 0.3) is 5.91 Å². The largest absolute Gasteiger partial charge is 0.497 e. The van der Waals surface area contributed by atoms with Crippen molar-refractivity contribution in [2.45, 2.75) is 25.5 Å². The Labute approximate surface area is 186 Å². The molecule has 2 aromatic carbocycles. The van der Waals surface area contributed by atoms with Crippen molar-refractivity contribution in [1.29, 1.82) is 0 Å². The predicted molar refractivity (Wildman–Crippen MR) is 122 cm³/mol. The van der Waals surface area contributed by atoms with Crippen molar-refractivity contribution in [2.75, 3.05) is 26.7 Å². The Kier molecular flexibility index (Phi) is 7.17. The zero-order valence-electron chi connectivity index (χ0n) is 17.6. The molecular formula is C24H27N3O3S. The third-order valence-corrected chi connectivity index (χ3v) is 6.12. The van der Waals surface area contributed by atoms with E-state index in [1.165, 1.54) is 24.2 Å². The molecule has 3 aromatic rings. The van der Waals surface area contributed by atoms with Crippen LogP contribution in [0.5, 0.6) is 11.5 Å². The fourth-order valence-corrected chi connectivity index (χ4v) is 4.39. The molecule has 1 fully saturated rings. The molecule has 7 heteroatoms. The summed E-state index contributed by atoms with van der Waals surface area (Å²) in [5, 5.41) is 5.07. The highest BCUT2D eigenvalue weighted by molar-refractivity contribution is 7.07. The van der Waals surface area contributed by atoms with Gasteiger partial charge in [-0.25, -0.2) is 4.98 Å². The normalized spacial score (nSPS) is 14.9. The van der Waals surface area contributed by atoms with Crippen molar-refractivity contribution >= 4 is 17.2 Å². The van der Waals surface area contributed by atoms with Crippen LogP contribution >= 0.6 is 11.3 Å². The molecule has 1 aromatic heterocycles. The summed E-state index contributed by atoms with van der Waals surface area (Å²) in [6.07, 6.45) is 2.37. The van der Waals surface area contributed by atoms with Crippen molar-refractivity contribution in [3.05, 3.63) is 76.2 Å². The van der Waals surface area contributed by atoms with Gasteiger partial charge in [-0.15, -0.1) is 11.3 Å². The maximum atomic E-state index is 12.9. The number of thiazole rings is 1. The quantitative estimate of drug-likeness (QED) is 0.541. The number of hydrogen-bond donors (Lipinski definition) is 1. The number of likely N-dealkylation sites (tertiary alicyclic amines) is 1. The van der Waals surface area contributed by atoms with Gasteiger partial charge in [0.05, 0.1) is 24.4 Å². The molecule has 6 nitrogen and oxygen atoms in total. The zero-order valence-corrected chi connectivity index (χ0v) is 18.4. The topological polar surface area (TPSA) is 63.7 Å². The number of methoxy groups -OCH3 is 1. The summed E-state index contributed by atoms with van der Waals surface area (Å²) in [4.78, 5) is 19.5. The lowest BCUT2D eigenvalue weighted by Gasteiger charge is -2.28. The highest BCUT2D eigenvalue weighted by Crippen LogP contribution is 2.27. The lowest BCUT2D eigenvalue weighted by molar-refractivity contribution is 0.0937. The Morgan fingerprint density at radius 1 is 1.16 bits per heavy atom. The van der Waals surface area contributed by atoms with Gasteiger partial charge in [-0.2, -0.15) is 0 Å². The molecule has 1 aliphatic heterocycles. The summed E-state index contributed by atoms with van der Waals surface area (Å²) in [5.74, 6) is 1.38. The number of hydrogen-bond acceptors (Lipinski definition) is 6. The fourth-order valence-electron chi connectivity index (χ4n) is 3.84. The highest BCUT2D eigenvalue weighted by atomic mass is 32.1. The van der Waals surface area contributed by atoms with Crippen LogP contribution in [0.25, 0.3) is 0 Å². The minimum atomic E-state index is -0.105. The first-order valence-electron chi connectivity index (χ1n) is 10.5. The van der Waals surface area contributed by atoms with E-state index in [1.54, 1.807) is 24.8 Å². The van der Waals surface area contributed by atoms with Crippen LogP contribution in [-0.4, -0.2) is 42.5 Å². The van der Waals surface area contributed by atoms with Crippen LogP contribution in [-0.2, 0) is 6.61 Å². The minimum absolute atomic E-state index is 0.105. The lowest BCUT2D eigenvalue weighted by atomic mass is 10.0. The van der Waals surface area contributed by atoms with Crippen LogP contribution in [0, 0.1) is 0 Å². The van der Waals surface area contributed by atoms with Crippen molar-refractivity contribution in [3.63, 3.8) is 0 Å². The molecule has 1 saturated heterocycles. The first kappa shape index (κ1) is 21.3. The second kappa shape index (κ2) is 10.4. The predicted octanol–water partition coefficient (Wildman–Crippen LogP) is 4.30. The molecule has 1 aliphatic rings. The number of benzene rings is 2. The molecule has 0 bridgehead atoms. The molecule has 1 N–H and O–H groups in total. The number of nitrogens with one attached hydrogen (secondary N) is 1. The molecule has 0 spiro atoms. The van der Waals surface area contributed by atoms with E-state index < -0.39 is 0 Å². The smallest absolute Gasteiger partial charge is 0.251 e. The average Bonchev–Trinajstić information content (AvgIpc) is 3.53. The van der Waals surface area contributed by atoms with Gasteiger partial charge >= 0.3 is 0 Å². The van der Waals surface area contributed by atoms with Crippen LogP contribution in [0.1, 0.15) is 40.5 Å². The molecule has 1 atom stereocenters. The van der Waals surface area contributed by atoms with E-state index in [1.807, 2.05) is 29.6 Å². The first-order chi connectivity index (χ1) is 15.2. The van der Waals surface area contributed by atoms with E-state index in [9.17, 15) is 4.79 Å². The monoisotopic (exact) mass is 437 g/mol. The number of rotatable bonds is 9. The second-order valence-electron chi connectivity index (χ2n) is 7.54. The number of ether oxygens (including phenoxy) is 2. The molecule has 1 amide bonds. The van der Waals surface area contributed by atoms with E-state index in [4.69, 9.17) is 9.47 Å². The van der Waals surface area contributed by atoms with Crippen molar-refractivity contribution in [3.8, 4) is 11.5 Å². The number of nitrogens with zero attached hydrogens (tertiary/aromatic N) is 2. The Morgan fingerprint density at radius 3 is 2.74 bits per heavy atom. The molecule has 162 valence electrons. The molecule has 0 radical (unpaired) electrons. The minimum Gasteiger partial charge on any atom is -0.497 e. The second-order valence-corrected chi connectivity index (χ2v) is 8.26. The Balaban J connectivity index is 1.42. The summed E-state index contributed by atoms with van der Waals surface area (Å²) in [7, 11) is 1.68. The third kappa shape index (κ3) is 5.62. The van der Waals surface area contributed by atoms with Crippen LogP contribution < -0.4 is 14.8 Å². The molecule has 0 aliphatic carbocycles. The van der Waals surface area contributed by atoms with Crippen molar-refractivity contribution < 1.29 is 14.3 Å². The molecule has 2 heterocycles. The Bertz CT molecular complexity index is 987. The first-order valence-corrected chi connectivity index (χ1v) is 11.4. The van der Waals surface area contributed by atoms with E-state index in [2.05, 4.69) is 27.3 Å². The average molecular weight is 438 g/mol. The van der Waals surface area contributed by atoms with Crippen LogP contribution in [0.3, 0.4) is 0 Å². The lowest BCUT2D eigenvalue weighted by Crippen LogP contribution is -2.36. The van der Waals surface area contributed by atoms with Gasteiger partial charge in [0, 0.05) is 17.5 Å². The fraction of sp³-hybridized carbons (Fsp3) is 0.333. The maximum absolute atomic E-state index is 12.9. The van der Waals surface area contributed by atoms with Crippen molar-refractivity contribution in [1.82, 2.24) is 15.2 Å². The highest BCUT2D eigenvalue weighted by Gasteiger charge is 2.24. The standard InChI is InChI=1S/C24H27N3O3S/c1-29-21-8-4-6-18(12-21)23(27-10-2-3-11-27)14-25-24(28)19-7-5-9-22(13-19)30-15-20-16-31-17-26-20/h4-9,12-13,16-17,23H,2-3,10-11,14-15H2,1H3,(H,25,28). The van der Waals surface area contributed by atoms with Gasteiger partial charge in [-0.05, 0) is 61.8 Å². The Hall–Kier alpha value is -2.90. The van der Waals surface area contributed by atoms with Crippen molar-refractivity contribution in [2.24, 2.45) is 0 Å². The van der Waals surface area contributed by atoms with E-state index in [0.29, 0.717) is 24.5 Å². The zero-order chi connectivity index (χ0) is 21.5. The van der Waals surface area contributed by atoms with Crippen LogP contribution in [0.4, 0.5) is 0 Å². The summed E-state index contributed by atoms with van der Waals surface area (Å²) >= 11 is 1.54. The number of carbonyl (C=O) groups is 1. The van der Waals surface area contributed by atoms with Gasteiger partial charge in [0.15, 0.2) is 0 Å². The molecule has 4 rings (SSSR count). The third-order valence-electron chi connectivity index (χ3n) is 5.48. The van der Waals surface area contributed by atoms with E-state index in [-0.39, 0.29) is 11.9 Å². The van der Waals surface area contributed by atoms with E-state index >= 15 is 0 Å². The summed E-state index contributed by atoms with van der Waals surface area (Å²) in [5.41, 5.74) is 4.40. The summed E-state index contributed by atoms with van der Waals surface area (Å²) in [6.45, 7) is 3.01. The summed E-state index contributed by atoms with van der Waals surface area (Å²) < 4.78 is 11.2. The molecule has 1 unspecified atom stereocenters. The van der Waals surface area contributed by atoms with Gasteiger partial charge in [0.2, 0.25) is 0 Å². The maximum Gasteiger partial charge on any atom is 0.251 e. The summed E-state index contributed by atoms with van der Waals surface area (Å²) in [6, 6.07) is 15.5. The van der Waals surface area contributed by atoms with Gasteiger partial charge in [-0.1, -0.05) is 18.2 Å². The number of aromatic nitrogens is 1. The van der Waals surface area contributed by atoms with Crippen LogP contribution in [0.2, 0.25) is 0 Å². The molecular weight excluding hydrogens is 410 g/mol. The Morgan fingerprint density at radius 2 is 1.97 bits per heavy atom. The molecule has 31 heavy (non-hydrogen) atoms. The van der Waals surface area contributed by atoms with Gasteiger partial charge < -0.3 is 14.8 Å². The number of amides is 1. The van der Waals surface area contributed by atoms with Gasteiger partial charge in [-0.3, -0.25) is 9.69 Å². The SMILES string of the molecule is COc1cccc(C(CNC(=O)c2cccc(OCc3cscn3)c2)N2CCCC2)c1. The molecule has 0 saturated carbocycles.